The number of halogens is 1. The molecule has 0 bridgehead atoms. The first-order chi connectivity index (χ1) is 16.7. The maximum atomic E-state index is 13.0. The second-order valence-corrected chi connectivity index (χ2v) is 10.5. The van der Waals surface area contributed by atoms with Gasteiger partial charge in [0.05, 0.1) is 18.5 Å². The van der Waals surface area contributed by atoms with Crippen LogP contribution in [0.25, 0.3) is 0 Å². The van der Waals surface area contributed by atoms with Crippen LogP contribution in [0.2, 0.25) is 0 Å². The lowest BCUT2D eigenvalue weighted by molar-refractivity contribution is -0.145. The van der Waals surface area contributed by atoms with Crippen LogP contribution < -0.4 is 16.0 Å². The molecule has 0 spiro atoms. The number of carbonyl (C=O) groups is 4. The van der Waals surface area contributed by atoms with Gasteiger partial charge in [-0.25, -0.2) is 0 Å². The van der Waals surface area contributed by atoms with E-state index in [4.69, 9.17) is 4.74 Å². The standard InChI is InChI=1S/C25H32BrN3O5S/c1-16(2)15-34-24(32)10-9-21(29-23(31)14-27-22(30)13-26)25(33)28-19-6-4-5-18(11-19)12-20-8-7-17(3)35-20/h4-8,11,16,21H,9-10,12-15H2,1-3H3,(H,27,30)(H,28,33)(H,29,31)/t21-/m0/s1. The van der Waals surface area contributed by atoms with Gasteiger partial charge in [0.1, 0.15) is 6.04 Å². The Morgan fingerprint density at radius 2 is 1.86 bits per heavy atom. The lowest BCUT2D eigenvalue weighted by Gasteiger charge is -2.19. The highest BCUT2D eigenvalue weighted by Crippen LogP contribution is 2.21. The van der Waals surface area contributed by atoms with E-state index in [-0.39, 0.29) is 43.1 Å². The number of carbonyl (C=O) groups excluding carboxylic acids is 4. The number of anilines is 1. The molecule has 2 aromatic rings. The van der Waals surface area contributed by atoms with Gasteiger partial charge in [-0.1, -0.05) is 41.9 Å². The van der Waals surface area contributed by atoms with E-state index >= 15 is 0 Å². The van der Waals surface area contributed by atoms with Crippen molar-refractivity contribution in [2.75, 3.05) is 23.8 Å². The van der Waals surface area contributed by atoms with Crippen LogP contribution in [-0.4, -0.2) is 48.2 Å². The molecule has 3 amide bonds. The Hall–Kier alpha value is -2.72. The van der Waals surface area contributed by atoms with Crippen molar-refractivity contribution < 1.29 is 23.9 Å². The monoisotopic (exact) mass is 565 g/mol. The predicted octanol–water partition coefficient (Wildman–Crippen LogP) is 3.56. The zero-order valence-corrected chi connectivity index (χ0v) is 22.6. The van der Waals surface area contributed by atoms with Crippen LogP contribution in [0.1, 0.15) is 42.0 Å². The first-order valence-corrected chi connectivity index (χ1v) is 13.3. The summed E-state index contributed by atoms with van der Waals surface area (Å²) in [6, 6.07) is 10.7. The predicted molar refractivity (Wildman–Crippen MR) is 141 cm³/mol. The van der Waals surface area contributed by atoms with Crippen molar-refractivity contribution in [3.63, 3.8) is 0 Å². The number of esters is 1. The summed E-state index contributed by atoms with van der Waals surface area (Å²) in [4.78, 5) is 51.3. The van der Waals surface area contributed by atoms with Crippen LogP contribution in [0.3, 0.4) is 0 Å². The van der Waals surface area contributed by atoms with Gasteiger partial charge in [0, 0.05) is 28.3 Å². The Balaban J connectivity index is 2.03. The second kappa shape index (κ2) is 14.6. The second-order valence-electron chi connectivity index (χ2n) is 8.52. The van der Waals surface area contributed by atoms with Gasteiger partial charge in [-0.2, -0.15) is 0 Å². The molecule has 190 valence electrons. The Kier molecular flexibility index (Phi) is 11.9. The fourth-order valence-electron chi connectivity index (χ4n) is 3.10. The number of hydrogen-bond donors (Lipinski definition) is 3. The zero-order valence-electron chi connectivity index (χ0n) is 20.2. The molecule has 0 saturated carbocycles. The van der Waals surface area contributed by atoms with Crippen LogP contribution >= 0.6 is 27.3 Å². The molecule has 8 nitrogen and oxygen atoms in total. The zero-order chi connectivity index (χ0) is 25.8. The van der Waals surface area contributed by atoms with Gasteiger partial charge >= 0.3 is 5.97 Å². The van der Waals surface area contributed by atoms with Crippen LogP contribution in [0.4, 0.5) is 5.69 Å². The van der Waals surface area contributed by atoms with E-state index in [0.29, 0.717) is 5.69 Å². The minimum absolute atomic E-state index is 0.0311. The summed E-state index contributed by atoms with van der Waals surface area (Å²) < 4.78 is 5.18. The minimum Gasteiger partial charge on any atom is -0.465 e. The highest BCUT2D eigenvalue weighted by molar-refractivity contribution is 9.09. The third-order valence-corrected chi connectivity index (χ3v) is 6.31. The molecule has 0 unspecified atom stereocenters. The normalized spacial score (nSPS) is 11.6. The molecule has 1 aromatic carbocycles. The molecule has 0 aliphatic rings. The smallest absolute Gasteiger partial charge is 0.305 e. The number of alkyl halides is 1. The largest absolute Gasteiger partial charge is 0.465 e. The van der Waals surface area contributed by atoms with Crippen molar-refractivity contribution in [1.29, 1.82) is 0 Å². The number of nitrogens with one attached hydrogen (secondary N) is 3. The van der Waals surface area contributed by atoms with Crippen molar-refractivity contribution in [3.05, 3.63) is 51.7 Å². The Labute approximate surface area is 218 Å². The molecule has 0 aliphatic heterocycles. The molecule has 3 N–H and O–H groups in total. The Morgan fingerprint density at radius 3 is 2.51 bits per heavy atom. The summed E-state index contributed by atoms with van der Waals surface area (Å²) in [5.74, 6) is -1.58. The third kappa shape index (κ3) is 11.0. The van der Waals surface area contributed by atoms with Gasteiger partial charge in [0.25, 0.3) is 0 Å². The molecular weight excluding hydrogens is 534 g/mol. The van der Waals surface area contributed by atoms with Gasteiger partial charge in [0.15, 0.2) is 0 Å². The van der Waals surface area contributed by atoms with Crippen LogP contribution in [0.5, 0.6) is 0 Å². The van der Waals surface area contributed by atoms with Crippen LogP contribution in [0.15, 0.2) is 36.4 Å². The van der Waals surface area contributed by atoms with Crippen LogP contribution in [0, 0.1) is 12.8 Å². The molecule has 1 aromatic heterocycles. The lowest BCUT2D eigenvalue weighted by atomic mass is 10.1. The number of rotatable bonds is 13. The number of hydrogen-bond acceptors (Lipinski definition) is 6. The van der Waals surface area contributed by atoms with Gasteiger partial charge in [-0.15, -0.1) is 11.3 Å². The van der Waals surface area contributed by atoms with E-state index in [1.807, 2.05) is 32.0 Å². The van der Waals surface area contributed by atoms with Gasteiger partial charge in [-0.3, -0.25) is 19.2 Å². The summed E-state index contributed by atoms with van der Waals surface area (Å²) in [7, 11) is 0. The molecular formula is C25H32BrN3O5S. The lowest BCUT2D eigenvalue weighted by Crippen LogP contribution is -2.47. The molecule has 2 rings (SSSR count). The molecule has 0 saturated heterocycles. The van der Waals surface area contributed by atoms with Crippen molar-refractivity contribution in [1.82, 2.24) is 10.6 Å². The third-order valence-electron chi connectivity index (χ3n) is 4.80. The molecule has 0 aliphatic carbocycles. The van der Waals surface area contributed by atoms with E-state index in [2.05, 4.69) is 50.9 Å². The number of amides is 3. The molecule has 35 heavy (non-hydrogen) atoms. The van der Waals surface area contributed by atoms with Gasteiger partial charge < -0.3 is 20.7 Å². The number of ether oxygens (including phenoxy) is 1. The number of aryl methyl sites for hydroxylation is 1. The molecule has 10 heteroatoms. The first-order valence-electron chi connectivity index (χ1n) is 11.4. The van der Waals surface area contributed by atoms with E-state index in [1.54, 1.807) is 17.4 Å². The van der Waals surface area contributed by atoms with Crippen molar-refractivity contribution in [3.8, 4) is 0 Å². The fraction of sp³-hybridized carbons (Fsp3) is 0.440. The summed E-state index contributed by atoms with van der Waals surface area (Å²) in [5.41, 5.74) is 1.63. The fourth-order valence-corrected chi connectivity index (χ4v) is 4.23. The summed E-state index contributed by atoms with van der Waals surface area (Å²) >= 11 is 4.74. The highest BCUT2D eigenvalue weighted by Gasteiger charge is 2.23. The van der Waals surface area contributed by atoms with E-state index in [1.165, 1.54) is 9.75 Å². The maximum Gasteiger partial charge on any atom is 0.305 e. The average molecular weight is 567 g/mol. The van der Waals surface area contributed by atoms with Gasteiger partial charge in [-0.05, 0) is 49.1 Å². The van der Waals surface area contributed by atoms with E-state index in [9.17, 15) is 19.2 Å². The summed E-state index contributed by atoms with van der Waals surface area (Å²) in [5, 5.41) is 7.94. The van der Waals surface area contributed by atoms with Crippen molar-refractivity contribution in [2.24, 2.45) is 5.92 Å². The number of benzene rings is 1. The molecule has 0 fully saturated rings. The Bertz CT molecular complexity index is 1020. The Morgan fingerprint density at radius 1 is 1.09 bits per heavy atom. The quantitative estimate of drug-likeness (QED) is 0.254. The minimum atomic E-state index is -0.974. The summed E-state index contributed by atoms with van der Waals surface area (Å²) in [6.07, 6.45) is 0.781. The van der Waals surface area contributed by atoms with E-state index in [0.717, 1.165) is 12.0 Å². The van der Waals surface area contributed by atoms with Crippen molar-refractivity contribution >= 4 is 56.6 Å². The van der Waals surface area contributed by atoms with Crippen LogP contribution in [-0.2, 0) is 30.3 Å². The average Bonchev–Trinajstić information content (AvgIpc) is 3.23. The SMILES string of the molecule is Cc1ccc(Cc2cccc(NC(=O)[C@H](CCC(=O)OCC(C)C)NC(=O)CNC(=O)CBr)c2)s1. The summed E-state index contributed by atoms with van der Waals surface area (Å²) in [6.45, 7) is 5.93. The van der Waals surface area contributed by atoms with Gasteiger partial charge in [0.2, 0.25) is 17.7 Å². The topological polar surface area (TPSA) is 114 Å². The van der Waals surface area contributed by atoms with Crippen molar-refractivity contribution in [2.45, 2.75) is 46.1 Å². The molecule has 1 heterocycles. The first kappa shape index (κ1) is 28.5. The van der Waals surface area contributed by atoms with E-state index < -0.39 is 23.8 Å². The molecule has 0 radical (unpaired) electrons. The molecule has 1 atom stereocenters. The highest BCUT2D eigenvalue weighted by atomic mass is 79.9. The maximum absolute atomic E-state index is 13.0. The number of thiophene rings is 1.